The molecular weight excluding hydrogens is 366 g/mol. The maximum absolute atomic E-state index is 12.5. The Morgan fingerprint density at radius 1 is 0.828 bits per heavy atom. The zero-order valence-electron chi connectivity index (χ0n) is 17.6. The number of hydrogen-bond acceptors (Lipinski definition) is 3. The normalized spacial score (nSPS) is 11.1. The molecule has 0 bridgehead atoms. The molecule has 2 aromatic carbocycles. The second-order valence-corrected chi connectivity index (χ2v) is 8.42. The molecule has 3 N–H and O–H groups in total. The van der Waals surface area contributed by atoms with E-state index in [1.54, 1.807) is 48.5 Å². The predicted octanol–water partition coefficient (Wildman–Crippen LogP) is 4.31. The molecule has 0 unspecified atom stereocenters. The Morgan fingerprint density at radius 3 is 2.07 bits per heavy atom. The first-order valence-electron chi connectivity index (χ1n) is 9.67. The zero-order valence-corrected chi connectivity index (χ0v) is 17.6. The van der Waals surface area contributed by atoms with Crippen LogP contribution in [0.25, 0.3) is 0 Å². The molecule has 2 rings (SSSR count). The maximum Gasteiger partial charge on any atom is 0.255 e. The number of benzene rings is 2. The first-order valence-corrected chi connectivity index (χ1v) is 9.67. The molecule has 0 spiro atoms. The monoisotopic (exact) mass is 395 g/mol. The van der Waals surface area contributed by atoms with E-state index in [4.69, 9.17) is 0 Å². The quantitative estimate of drug-likeness (QED) is 0.681. The summed E-state index contributed by atoms with van der Waals surface area (Å²) in [5.74, 6) is -0.201. The second kappa shape index (κ2) is 9.37. The number of carbonyl (C=O) groups is 3. The lowest BCUT2D eigenvalue weighted by atomic mass is 9.95. The molecule has 0 radical (unpaired) electrons. The predicted molar refractivity (Wildman–Crippen MR) is 116 cm³/mol. The molecule has 0 aliphatic carbocycles. The van der Waals surface area contributed by atoms with Gasteiger partial charge in [0.25, 0.3) is 11.8 Å². The highest BCUT2D eigenvalue weighted by Gasteiger charge is 2.21. The molecule has 0 aliphatic heterocycles. The summed E-state index contributed by atoms with van der Waals surface area (Å²) in [5.41, 5.74) is 1.61. The minimum Gasteiger partial charge on any atom is -0.352 e. The van der Waals surface area contributed by atoms with E-state index in [1.165, 1.54) is 0 Å². The van der Waals surface area contributed by atoms with Gasteiger partial charge in [0.1, 0.15) is 0 Å². The number of rotatable bonds is 6. The molecule has 0 saturated carbocycles. The van der Waals surface area contributed by atoms with Crippen LogP contribution in [0, 0.1) is 11.3 Å². The third-order valence-corrected chi connectivity index (χ3v) is 4.14. The van der Waals surface area contributed by atoms with E-state index < -0.39 is 5.41 Å². The van der Waals surface area contributed by atoms with E-state index >= 15 is 0 Å². The van der Waals surface area contributed by atoms with Gasteiger partial charge in [-0.1, -0.05) is 40.7 Å². The molecular formula is C23H29N3O3. The molecule has 6 heteroatoms. The van der Waals surface area contributed by atoms with Crippen molar-refractivity contribution in [2.75, 3.05) is 17.2 Å². The standard InChI is InChI=1S/C23H29N3O3/c1-15(2)14-24-20(27)17-7-6-8-19(13-17)25-21(28)16-9-11-18(12-10-16)26-22(29)23(3,4)5/h6-13,15H,14H2,1-5H3,(H,24,27)(H,25,28)(H,26,29). The van der Waals surface area contributed by atoms with Gasteiger partial charge in [0.15, 0.2) is 0 Å². The molecule has 154 valence electrons. The molecule has 2 aromatic rings. The van der Waals surface area contributed by atoms with Gasteiger partial charge in [-0.15, -0.1) is 0 Å². The van der Waals surface area contributed by atoms with Crippen LogP contribution in [-0.2, 0) is 4.79 Å². The largest absolute Gasteiger partial charge is 0.352 e. The van der Waals surface area contributed by atoms with Crippen LogP contribution in [0.4, 0.5) is 11.4 Å². The van der Waals surface area contributed by atoms with Crippen molar-refractivity contribution in [2.24, 2.45) is 11.3 Å². The maximum atomic E-state index is 12.5. The van der Waals surface area contributed by atoms with E-state index in [2.05, 4.69) is 16.0 Å². The highest BCUT2D eigenvalue weighted by atomic mass is 16.2. The van der Waals surface area contributed by atoms with Crippen molar-refractivity contribution in [1.82, 2.24) is 5.32 Å². The summed E-state index contributed by atoms with van der Waals surface area (Å²) >= 11 is 0. The summed E-state index contributed by atoms with van der Waals surface area (Å²) in [6.07, 6.45) is 0. The summed E-state index contributed by atoms with van der Waals surface area (Å²) in [6, 6.07) is 13.5. The summed E-state index contributed by atoms with van der Waals surface area (Å²) in [6.45, 7) is 10.1. The van der Waals surface area contributed by atoms with E-state index in [-0.39, 0.29) is 17.7 Å². The van der Waals surface area contributed by atoms with E-state index in [0.717, 1.165) is 0 Å². The van der Waals surface area contributed by atoms with Gasteiger partial charge in [-0.05, 0) is 48.4 Å². The minimum atomic E-state index is -0.497. The number of anilines is 2. The van der Waals surface area contributed by atoms with Crippen LogP contribution in [0.5, 0.6) is 0 Å². The number of hydrogen-bond donors (Lipinski definition) is 3. The molecule has 0 atom stereocenters. The van der Waals surface area contributed by atoms with Crippen LogP contribution in [0.15, 0.2) is 48.5 Å². The van der Waals surface area contributed by atoms with E-state index in [1.807, 2.05) is 34.6 Å². The first kappa shape index (κ1) is 22.1. The van der Waals surface area contributed by atoms with Gasteiger partial charge >= 0.3 is 0 Å². The Kier molecular flexibility index (Phi) is 7.15. The van der Waals surface area contributed by atoms with Crippen molar-refractivity contribution in [2.45, 2.75) is 34.6 Å². The summed E-state index contributed by atoms with van der Waals surface area (Å²) in [7, 11) is 0. The molecule has 0 aromatic heterocycles. The highest BCUT2D eigenvalue weighted by molar-refractivity contribution is 6.05. The lowest BCUT2D eigenvalue weighted by molar-refractivity contribution is -0.123. The Hall–Kier alpha value is -3.15. The number of nitrogens with one attached hydrogen (secondary N) is 3. The van der Waals surface area contributed by atoms with Gasteiger partial charge in [-0.2, -0.15) is 0 Å². The average Bonchev–Trinajstić information content (AvgIpc) is 2.66. The number of amides is 3. The van der Waals surface area contributed by atoms with Crippen LogP contribution < -0.4 is 16.0 Å². The zero-order chi connectivity index (χ0) is 21.6. The Balaban J connectivity index is 2.02. The van der Waals surface area contributed by atoms with Gasteiger partial charge in [0, 0.05) is 34.5 Å². The van der Waals surface area contributed by atoms with Crippen LogP contribution in [0.1, 0.15) is 55.3 Å². The fourth-order valence-corrected chi connectivity index (χ4v) is 2.36. The smallest absolute Gasteiger partial charge is 0.255 e. The van der Waals surface area contributed by atoms with Crippen molar-refractivity contribution < 1.29 is 14.4 Å². The molecule has 3 amide bonds. The number of carbonyl (C=O) groups excluding carboxylic acids is 3. The molecule has 0 saturated heterocycles. The van der Waals surface area contributed by atoms with Crippen molar-refractivity contribution in [1.29, 1.82) is 0 Å². The van der Waals surface area contributed by atoms with Crippen molar-refractivity contribution >= 4 is 29.1 Å². The van der Waals surface area contributed by atoms with Crippen LogP contribution in [0.3, 0.4) is 0 Å². The molecule has 0 fully saturated rings. The molecule has 6 nitrogen and oxygen atoms in total. The average molecular weight is 396 g/mol. The van der Waals surface area contributed by atoms with Crippen molar-refractivity contribution in [3.63, 3.8) is 0 Å². The van der Waals surface area contributed by atoms with Crippen LogP contribution >= 0.6 is 0 Å². The van der Waals surface area contributed by atoms with E-state index in [9.17, 15) is 14.4 Å². The molecule has 29 heavy (non-hydrogen) atoms. The lowest BCUT2D eigenvalue weighted by Crippen LogP contribution is -2.27. The fourth-order valence-electron chi connectivity index (χ4n) is 2.36. The Labute approximate surface area is 172 Å². The second-order valence-electron chi connectivity index (χ2n) is 8.42. The van der Waals surface area contributed by atoms with Gasteiger partial charge in [-0.25, -0.2) is 0 Å². The van der Waals surface area contributed by atoms with Crippen LogP contribution in [0.2, 0.25) is 0 Å². The van der Waals surface area contributed by atoms with Gasteiger partial charge < -0.3 is 16.0 Å². The van der Waals surface area contributed by atoms with Gasteiger partial charge in [0.05, 0.1) is 0 Å². The SMILES string of the molecule is CC(C)CNC(=O)c1cccc(NC(=O)c2ccc(NC(=O)C(C)(C)C)cc2)c1. The molecule has 0 heterocycles. The summed E-state index contributed by atoms with van der Waals surface area (Å²) in [5, 5.41) is 8.48. The van der Waals surface area contributed by atoms with Gasteiger partial charge in [0.2, 0.25) is 5.91 Å². The van der Waals surface area contributed by atoms with E-state index in [0.29, 0.717) is 35.0 Å². The van der Waals surface area contributed by atoms with Crippen molar-refractivity contribution in [3.8, 4) is 0 Å². The summed E-state index contributed by atoms with van der Waals surface area (Å²) < 4.78 is 0. The Morgan fingerprint density at radius 2 is 1.48 bits per heavy atom. The summed E-state index contributed by atoms with van der Waals surface area (Å²) in [4.78, 5) is 36.7. The lowest BCUT2D eigenvalue weighted by Gasteiger charge is -2.17. The fraction of sp³-hybridized carbons (Fsp3) is 0.348. The van der Waals surface area contributed by atoms with Crippen molar-refractivity contribution in [3.05, 3.63) is 59.7 Å². The minimum absolute atomic E-state index is 0.0951. The van der Waals surface area contributed by atoms with Crippen LogP contribution in [-0.4, -0.2) is 24.3 Å². The topological polar surface area (TPSA) is 87.3 Å². The highest BCUT2D eigenvalue weighted by Crippen LogP contribution is 2.18. The third kappa shape index (κ3) is 6.75. The Bertz CT molecular complexity index is 881. The third-order valence-electron chi connectivity index (χ3n) is 4.14. The van der Waals surface area contributed by atoms with Gasteiger partial charge in [-0.3, -0.25) is 14.4 Å². The molecule has 0 aliphatic rings. The first-order chi connectivity index (χ1) is 13.6.